The molecular formula is C30H39N. The van der Waals surface area contributed by atoms with Crippen molar-refractivity contribution in [2.75, 3.05) is 4.90 Å². The molecule has 31 heavy (non-hydrogen) atoms. The lowest BCUT2D eigenvalue weighted by Gasteiger charge is -2.27. The van der Waals surface area contributed by atoms with Crippen molar-refractivity contribution in [2.45, 2.75) is 78.6 Å². The molecule has 1 nitrogen and oxygen atoms in total. The van der Waals surface area contributed by atoms with Crippen LogP contribution in [0.5, 0.6) is 0 Å². The van der Waals surface area contributed by atoms with Crippen molar-refractivity contribution in [1.82, 2.24) is 0 Å². The number of rotatable bonds is 7. The molecule has 0 spiro atoms. The predicted octanol–water partition coefficient (Wildman–Crippen LogP) is 9.48. The largest absolute Gasteiger partial charge is 0.311 e. The fourth-order valence-electron chi connectivity index (χ4n) is 3.93. The first kappa shape index (κ1) is 23.1. The molecular weight excluding hydrogens is 374 g/mol. The highest BCUT2D eigenvalue weighted by Gasteiger charge is 2.17. The van der Waals surface area contributed by atoms with Gasteiger partial charge in [0.1, 0.15) is 0 Å². The fraction of sp³-hybridized carbons (Fsp3) is 0.400. The van der Waals surface area contributed by atoms with Crippen LogP contribution in [0.1, 0.15) is 89.8 Å². The van der Waals surface area contributed by atoms with Gasteiger partial charge in [-0.05, 0) is 83.2 Å². The van der Waals surface area contributed by atoms with Crippen molar-refractivity contribution in [3.05, 3.63) is 89.5 Å². The first-order valence-electron chi connectivity index (χ1n) is 11.8. The highest BCUT2D eigenvalue weighted by molar-refractivity contribution is 5.76. The molecule has 3 aromatic rings. The van der Waals surface area contributed by atoms with E-state index in [2.05, 4.69) is 126 Å². The van der Waals surface area contributed by atoms with E-state index in [0.717, 1.165) is 12.8 Å². The average molecular weight is 414 g/mol. The van der Waals surface area contributed by atoms with Gasteiger partial charge in [-0.1, -0.05) is 84.9 Å². The van der Waals surface area contributed by atoms with Crippen molar-refractivity contribution in [1.29, 1.82) is 0 Å². The Morgan fingerprint density at radius 2 is 0.903 bits per heavy atom. The van der Waals surface area contributed by atoms with Crippen molar-refractivity contribution < 1.29 is 0 Å². The summed E-state index contributed by atoms with van der Waals surface area (Å²) in [6.07, 6.45) is 2.32. The van der Waals surface area contributed by atoms with Crippen LogP contribution in [0.4, 0.5) is 17.1 Å². The van der Waals surface area contributed by atoms with E-state index in [1.54, 1.807) is 0 Å². The predicted molar refractivity (Wildman–Crippen MR) is 137 cm³/mol. The van der Waals surface area contributed by atoms with E-state index in [4.69, 9.17) is 0 Å². The van der Waals surface area contributed by atoms with Crippen LogP contribution >= 0.6 is 0 Å². The Kier molecular flexibility index (Phi) is 7.26. The minimum Gasteiger partial charge on any atom is -0.311 e. The van der Waals surface area contributed by atoms with Crippen LogP contribution in [-0.4, -0.2) is 0 Å². The van der Waals surface area contributed by atoms with Gasteiger partial charge < -0.3 is 4.90 Å². The van der Waals surface area contributed by atoms with Crippen molar-refractivity contribution in [2.24, 2.45) is 0 Å². The summed E-state index contributed by atoms with van der Waals surface area (Å²) in [6.45, 7) is 15.9. The zero-order chi connectivity index (χ0) is 22.6. The molecule has 2 unspecified atom stereocenters. The lowest BCUT2D eigenvalue weighted by Crippen LogP contribution is -2.13. The average Bonchev–Trinajstić information content (AvgIpc) is 2.79. The summed E-state index contributed by atoms with van der Waals surface area (Å²) >= 11 is 0. The molecule has 1 heteroatoms. The quantitative estimate of drug-likeness (QED) is 0.373. The summed E-state index contributed by atoms with van der Waals surface area (Å²) < 4.78 is 0. The Morgan fingerprint density at radius 3 is 1.19 bits per heavy atom. The van der Waals surface area contributed by atoms with Gasteiger partial charge in [-0.3, -0.25) is 0 Å². The highest BCUT2D eigenvalue weighted by Crippen LogP contribution is 2.37. The Labute approximate surface area is 190 Å². The third-order valence-electron chi connectivity index (χ3n) is 6.66. The Bertz CT molecular complexity index is 890. The first-order valence-corrected chi connectivity index (χ1v) is 11.8. The molecule has 2 atom stereocenters. The van der Waals surface area contributed by atoms with Crippen molar-refractivity contribution >= 4 is 17.1 Å². The maximum absolute atomic E-state index is 2.37. The lowest BCUT2D eigenvalue weighted by molar-refractivity contribution is 0.590. The molecule has 3 aromatic carbocycles. The Morgan fingerprint density at radius 1 is 0.581 bits per heavy atom. The van der Waals surface area contributed by atoms with E-state index in [1.165, 1.54) is 33.8 Å². The molecule has 164 valence electrons. The van der Waals surface area contributed by atoms with Crippen LogP contribution in [-0.2, 0) is 5.41 Å². The molecule has 0 heterocycles. The van der Waals surface area contributed by atoms with Gasteiger partial charge >= 0.3 is 0 Å². The van der Waals surface area contributed by atoms with E-state index in [1.807, 2.05) is 0 Å². The number of hydrogen-bond acceptors (Lipinski definition) is 1. The number of hydrogen-bond donors (Lipinski definition) is 0. The normalized spacial score (nSPS) is 13.6. The monoisotopic (exact) mass is 413 g/mol. The smallest absolute Gasteiger partial charge is 0.0461 e. The number of anilines is 3. The molecule has 0 aromatic heterocycles. The molecule has 0 amide bonds. The van der Waals surface area contributed by atoms with E-state index < -0.39 is 0 Å². The molecule has 0 aliphatic heterocycles. The number of nitrogens with zero attached hydrogens (tertiary/aromatic N) is 1. The zero-order valence-electron chi connectivity index (χ0n) is 20.4. The minimum absolute atomic E-state index is 0.152. The molecule has 0 N–H and O–H groups in total. The SMILES string of the molecule is CCC(C)c1ccc(N(c2ccc(C(C)CC)cc2)c2ccc(C(C)(C)C)cc2)cc1. The van der Waals surface area contributed by atoms with Crippen LogP contribution < -0.4 is 4.90 Å². The molecule has 0 radical (unpaired) electrons. The van der Waals surface area contributed by atoms with Gasteiger partial charge in [0, 0.05) is 17.1 Å². The van der Waals surface area contributed by atoms with Gasteiger partial charge in [-0.2, -0.15) is 0 Å². The summed E-state index contributed by atoms with van der Waals surface area (Å²) in [6, 6.07) is 27.2. The topological polar surface area (TPSA) is 3.24 Å². The summed E-state index contributed by atoms with van der Waals surface area (Å²) in [5.74, 6) is 1.17. The third-order valence-corrected chi connectivity index (χ3v) is 6.66. The van der Waals surface area contributed by atoms with Gasteiger partial charge in [-0.15, -0.1) is 0 Å². The van der Waals surface area contributed by atoms with Gasteiger partial charge in [0.05, 0.1) is 0 Å². The van der Waals surface area contributed by atoms with E-state index in [0.29, 0.717) is 11.8 Å². The zero-order valence-corrected chi connectivity index (χ0v) is 20.4. The third kappa shape index (κ3) is 5.39. The van der Waals surface area contributed by atoms with Gasteiger partial charge in [0.2, 0.25) is 0 Å². The van der Waals surface area contributed by atoms with Gasteiger partial charge in [0.25, 0.3) is 0 Å². The van der Waals surface area contributed by atoms with Crippen LogP contribution in [0, 0.1) is 0 Å². The molecule has 0 aliphatic rings. The van der Waals surface area contributed by atoms with E-state index in [9.17, 15) is 0 Å². The van der Waals surface area contributed by atoms with Crippen LogP contribution in [0.25, 0.3) is 0 Å². The first-order chi connectivity index (χ1) is 14.7. The second-order valence-electron chi connectivity index (χ2n) is 9.93. The van der Waals surface area contributed by atoms with Crippen LogP contribution in [0.3, 0.4) is 0 Å². The maximum atomic E-state index is 2.37. The maximum Gasteiger partial charge on any atom is 0.0461 e. The van der Waals surface area contributed by atoms with Crippen molar-refractivity contribution in [3.8, 4) is 0 Å². The second kappa shape index (κ2) is 9.73. The standard InChI is InChI=1S/C30H39N/c1-8-22(3)24-10-16-27(17-11-24)31(28-18-12-25(13-19-28)23(4)9-2)29-20-14-26(15-21-29)30(5,6)7/h10-23H,8-9H2,1-7H3. The Balaban J connectivity index is 2.03. The highest BCUT2D eigenvalue weighted by atomic mass is 15.1. The van der Waals surface area contributed by atoms with Crippen LogP contribution in [0.15, 0.2) is 72.8 Å². The summed E-state index contributed by atoms with van der Waals surface area (Å²) in [5.41, 5.74) is 7.91. The van der Waals surface area contributed by atoms with E-state index in [-0.39, 0.29) is 5.41 Å². The molecule has 0 bridgehead atoms. The molecule has 0 saturated heterocycles. The summed E-state index contributed by atoms with van der Waals surface area (Å²) in [5, 5.41) is 0. The Hall–Kier alpha value is -2.54. The van der Waals surface area contributed by atoms with E-state index >= 15 is 0 Å². The second-order valence-corrected chi connectivity index (χ2v) is 9.93. The molecule has 3 rings (SSSR count). The van der Waals surface area contributed by atoms with Gasteiger partial charge in [-0.25, -0.2) is 0 Å². The molecule has 0 saturated carbocycles. The van der Waals surface area contributed by atoms with Crippen LogP contribution in [0.2, 0.25) is 0 Å². The number of benzene rings is 3. The molecule has 0 aliphatic carbocycles. The summed E-state index contributed by atoms with van der Waals surface area (Å²) in [4.78, 5) is 2.37. The fourth-order valence-corrected chi connectivity index (χ4v) is 3.93. The van der Waals surface area contributed by atoms with Gasteiger partial charge in [0.15, 0.2) is 0 Å². The lowest BCUT2D eigenvalue weighted by atomic mass is 9.87. The molecule has 0 fully saturated rings. The van der Waals surface area contributed by atoms with Crippen molar-refractivity contribution in [3.63, 3.8) is 0 Å². The minimum atomic E-state index is 0.152. The summed E-state index contributed by atoms with van der Waals surface area (Å²) in [7, 11) is 0.